The quantitative estimate of drug-likeness (QED) is 0.857. The zero-order chi connectivity index (χ0) is 13.0. The molecule has 0 heterocycles. The lowest BCUT2D eigenvalue weighted by Gasteiger charge is -2.19. The Hall–Kier alpha value is -1.42. The van der Waals surface area contributed by atoms with Crippen molar-refractivity contribution < 1.29 is 14.3 Å². The molecule has 4 heteroatoms. The zero-order valence-corrected chi connectivity index (χ0v) is 10.4. The molecule has 17 heavy (non-hydrogen) atoms. The Morgan fingerprint density at radius 2 is 2.18 bits per heavy atom. The molecule has 1 rings (SSSR count). The Morgan fingerprint density at radius 1 is 1.53 bits per heavy atom. The number of hydrogen-bond donors (Lipinski definition) is 1. The van der Waals surface area contributed by atoms with Crippen molar-refractivity contribution in [2.75, 3.05) is 13.6 Å². The van der Waals surface area contributed by atoms with Gasteiger partial charge in [0.25, 0.3) is 0 Å². The summed E-state index contributed by atoms with van der Waals surface area (Å²) in [6, 6.07) is 4.96. The molecular weight excluding hydrogens is 221 g/mol. The molecule has 1 atom stereocenters. The van der Waals surface area contributed by atoms with Crippen molar-refractivity contribution in [2.24, 2.45) is 5.92 Å². The molecule has 1 N–H and O–H groups in total. The number of carboxylic acid groups (broad SMARTS) is 1. The molecule has 1 aromatic rings. The van der Waals surface area contributed by atoms with Crippen LogP contribution >= 0.6 is 0 Å². The highest BCUT2D eigenvalue weighted by molar-refractivity contribution is 5.69. The normalized spacial score (nSPS) is 12.8. The second-order valence-corrected chi connectivity index (χ2v) is 4.52. The largest absolute Gasteiger partial charge is 0.481 e. The fourth-order valence-electron chi connectivity index (χ4n) is 1.73. The molecule has 1 unspecified atom stereocenters. The van der Waals surface area contributed by atoms with Crippen LogP contribution < -0.4 is 0 Å². The average Bonchev–Trinajstić information content (AvgIpc) is 2.23. The monoisotopic (exact) mass is 239 g/mol. The summed E-state index contributed by atoms with van der Waals surface area (Å²) in [6.45, 7) is 4.50. The van der Waals surface area contributed by atoms with E-state index in [1.165, 1.54) is 6.07 Å². The maximum atomic E-state index is 13.1. The van der Waals surface area contributed by atoms with Gasteiger partial charge in [-0.3, -0.25) is 4.79 Å². The van der Waals surface area contributed by atoms with Gasteiger partial charge >= 0.3 is 5.97 Å². The van der Waals surface area contributed by atoms with E-state index in [2.05, 4.69) is 0 Å². The van der Waals surface area contributed by atoms with Crippen LogP contribution in [0.4, 0.5) is 4.39 Å². The van der Waals surface area contributed by atoms with Gasteiger partial charge < -0.3 is 10.0 Å². The molecule has 0 aliphatic heterocycles. The predicted octanol–water partition coefficient (Wildman–Crippen LogP) is 2.29. The van der Waals surface area contributed by atoms with Gasteiger partial charge in [0.15, 0.2) is 0 Å². The number of nitrogens with zero attached hydrogens (tertiary/aromatic N) is 1. The Morgan fingerprint density at radius 3 is 2.71 bits per heavy atom. The highest BCUT2D eigenvalue weighted by Crippen LogP contribution is 2.11. The Kier molecular flexibility index (Phi) is 4.63. The van der Waals surface area contributed by atoms with Crippen molar-refractivity contribution in [3.05, 3.63) is 35.1 Å². The summed E-state index contributed by atoms with van der Waals surface area (Å²) < 4.78 is 13.1. The minimum absolute atomic E-state index is 0.213. The number of carboxylic acids is 1. The Bertz CT molecular complexity index is 406. The first-order valence-corrected chi connectivity index (χ1v) is 5.56. The molecule has 0 aliphatic rings. The Labute approximate surface area is 101 Å². The minimum atomic E-state index is -0.799. The number of hydrogen-bond acceptors (Lipinski definition) is 2. The number of halogens is 1. The van der Waals surface area contributed by atoms with Crippen molar-refractivity contribution in [1.82, 2.24) is 4.90 Å². The SMILES string of the molecule is Cc1cc(CN(C)CC(C)C(=O)O)ccc1F. The predicted molar refractivity (Wildman–Crippen MR) is 64.3 cm³/mol. The molecular formula is C13H18FNO2. The molecule has 0 bridgehead atoms. The van der Waals surface area contributed by atoms with Crippen LogP contribution in [-0.4, -0.2) is 29.6 Å². The van der Waals surface area contributed by atoms with Gasteiger partial charge in [0, 0.05) is 13.1 Å². The van der Waals surface area contributed by atoms with Crippen LogP contribution in [0.5, 0.6) is 0 Å². The van der Waals surface area contributed by atoms with E-state index in [1.807, 2.05) is 11.9 Å². The van der Waals surface area contributed by atoms with Gasteiger partial charge in [-0.2, -0.15) is 0 Å². The summed E-state index contributed by atoms with van der Waals surface area (Å²) in [4.78, 5) is 12.6. The lowest BCUT2D eigenvalue weighted by molar-refractivity contribution is -0.141. The van der Waals surface area contributed by atoms with Gasteiger partial charge in [0.05, 0.1) is 5.92 Å². The lowest BCUT2D eigenvalue weighted by Crippen LogP contribution is -2.28. The zero-order valence-electron chi connectivity index (χ0n) is 10.4. The van der Waals surface area contributed by atoms with Gasteiger partial charge in [-0.05, 0) is 31.2 Å². The number of rotatable bonds is 5. The van der Waals surface area contributed by atoms with Crippen LogP contribution in [0.25, 0.3) is 0 Å². The summed E-state index contributed by atoms with van der Waals surface area (Å²) in [5, 5.41) is 8.80. The van der Waals surface area contributed by atoms with E-state index in [-0.39, 0.29) is 5.82 Å². The van der Waals surface area contributed by atoms with Crippen molar-refractivity contribution >= 4 is 5.97 Å². The topological polar surface area (TPSA) is 40.5 Å². The summed E-state index contributed by atoms with van der Waals surface area (Å²) in [5.74, 6) is -1.41. The third-order valence-electron chi connectivity index (χ3n) is 2.68. The fraction of sp³-hybridized carbons (Fsp3) is 0.462. The van der Waals surface area contributed by atoms with Crippen LogP contribution in [0.15, 0.2) is 18.2 Å². The molecule has 3 nitrogen and oxygen atoms in total. The van der Waals surface area contributed by atoms with Gasteiger partial charge in [-0.25, -0.2) is 4.39 Å². The molecule has 0 saturated heterocycles. The summed E-state index contributed by atoms with van der Waals surface area (Å²) in [6.07, 6.45) is 0. The van der Waals surface area contributed by atoms with Crippen LogP contribution in [0.3, 0.4) is 0 Å². The third kappa shape index (κ3) is 4.15. The molecule has 0 fully saturated rings. The van der Waals surface area contributed by atoms with Gasteiger partial charge in [0.2, 0.25) is 0 Å². The van der Waals surface area contributed by atoms with Crippen molar-refractivity contribution in [1.29, 1.82) is 0 Å². The molecule has 0 aromatic heterocycles. The van der Waals surface area contributed by atoms with E-state index in [4.69, 9.17) is 5.11 Å². The maximum Gasteiger partial charge on any atom is 0.307 e. The molecule has 0 spiro atoms. The van der Waals surface area contributed by atoms with Crippen molar-refractivity contribution in [3.63, 3.8) is 0 Å². The molecule has 0 radical (unpaired) electrons. The second kappa shape index (κ2) is 5.77. The number of carbonyl (C=O) groups is 1. The smallest absolute Gasteiger partial charge is 0.307 e. The van der Waals surface area contributed by atoms with Crippen LogP contribution in [0.2, 0.25) is 0 Å². The minimum Gasteiger partial charge on any atom is -0.481 e. The molecule has 1 aromatic carbocycles. The number of aliphatic carboxylic acids is 1. The third-order valence-corrected chi connectivity index (χ3v) is 2.68. The average molecular weight is 239 g/mol. The molecule has 0 aliphatic carbocycles. The first-order valence-electron chi connectivity index (χ1n) is 5.56. The van der Waals surface area contributed by atoms with Crippen LogP contribution in [0.1, 0.15) is 18.1 Å². The van der Waals surface area contributed by atoms with E-state index < -0.39 is 11.9 Å². The van der Waals surface area contributed by atoms with E-state index in [0.29, 0.717) is 18.7 Å². The number of aryl methyl sites for hydroxylation is 1. The molecule has 0 saturated carbocycles. The Balaban J connectivity index is 2.58. The van der Waals surface area contributed by atoms with Crippen molar-refractivity contribution in [2.45, 2.75) is 20.4 Å². The lowest BCUT2D eigenvalue weighted by atomic mass is 10.1. The highest BCUT2D eigenvalue weighted by atomic mass is 19.1. The first-order chi connectivity index (χ1) is 7.90. The van der Waals surface area contributed by atoms with Crippen LogP contribution in [-0.2, 0) is 11.3 Å². The van der Waals surface area contributed by atoms with Gasteiger partial charge in [0.1, 0.15) is 5.82 Å². The summed E-state index contributed by atoms with van der Waals surface area (Å²) in [7, 11) is 1.86. The van der Waals surface area contributed by atoms with Gasteiger partial charge in [-0.1, -0.05) is 19.1 Å². The standard InChI is InChI=1S/C13H18FNO2/c1-9-6-11(4-5-12(9)14)8-15(3)7-10(2)13(16)17/h4-6,10H,7-8H2,1-3H3,(H,16,17). The first kappa shape index (κ1) is 13.6. The summed E-state index contributed by atoms with van der Waals surface area (Å²) >= 11 is 0. The molecule has 0 amide bonds. The second-order valence-electron chi connectivity index (χ2n) is 4.52. The van der Waals surface area contributed by atoms with E-state index in [1.54, 1.807) is 26.0 Å². The van der Waals surface area contributed by atoms with Gasteiger partial charge in [-0.15, -0.1) is 0 Å². The van der Waals surface area contributed by atoms with Crippen LogP contribution in [0, 0.1) is 18.7 Å². The van der Waals surface area contributed by atoms with E-state index in [0.717, 1.165) is 5.56 Å². The van der Waals surface area contributed by atoms with E-state index >= 15 is 0 Å². The fourth-order valence-corrected chi connectivity index (χ4v) is 1.73. The highest BCUT2D eigenvalue weighted by Gasteiger charge is 2.13. The maximum absolute atomic E-state index is 13.1. The van der Waals surface area contributed by atoms with Crippen molar-refractivity contribution in [3.8, 4) is 0 Å². The molecule has 94 valence electrons. The number of benzene rings is 1. The summed E-state index contributed by atoms with van der Waals surface area (Å²) in [5.41, 5.74) is 1.60. The van der Waals surface area contributed by atoms with E-state index in [9.17, 15) is 9.18 Å².